The molecule has 146 valence electrons. The van der Waals surface area contributed by atoms with Gasteiger partial charge in [0.1, 0.15) is 23.6 Å². The van der Waals surface area contributed by atoms with E-state index in [0.29, 0.717) is 35.2 Å². The first-order chi connectivity index (χ1) is 13.4. The minimum Gasteiger partial charge on any atom is -0.456 e. The molecule has 2 rings (SSSR count). The third-order valence-electron chi connectivity index (χ3n) is 3.77. The maximum atomic E-state index is 12.1. The molecule has 0 fully saturated rings. The topological polar surface area (TPSA) is 103 Å². The average molecular weight is 380 g/mol. The highest BCUT2D eigenvalue weighted by Gasteiger charge is 2.15. The molecule has 0 aromatic heterocycles. The monoisotopic (exact) mass is 380 g/mol. The first-order valence-electron chi connectivity index (χ1n) is 9.01. The number of benzene rings is 2. The van der Waals surface area contributed by atoms with E-state index in [1.54, 1.807) is 55.5 Å². The molecule has 0 radical (unpaired) electrons. The molecule has 0 saturated carbocycles. The molecule has 1 atom stereocenters. The lowest BCUT2D eigenvalue weighted by Crippen LogP contribution is -2.46. The number of rotatable bonds is 7. The maximum absolute atomic E-state index is 12.1. The zero-order valence-electron chi connectivity index (χ0n) is 16.2. The van der Waals surface area contributed by atoms with Gasteiger partial charge in [0, 0.05) is 12.2 Å². The summed E-state index contributed by atoms with van der Waals surface area (Å²) in [7, 11) is 0. The Kier molecular flexibility index (Phi) is 7.40. The first kappa shape index (κ1) is 20.8. The molecule has 3 N–H and O–H groups in total. The summed E-state index contributed by atoms with van der Waals surface area (Å²) in [6, 6.07) is 14.9. The number of carbonyl (C=O) groups excluding carboxylic acids is 2. The van der Waals surface area contributed by atoms with Gasteiger partial charge in [0.25, 0.3) is 0 Å². The predicted octanol–water partition coefficient (Wildman–Crippen LogP) is 3.63. The smallest absolute Gasteiger partial charge is 0.321 e. The van der Waals surface area contributed by atoms with Gasteiger partial charge in [-0.3, -0.25) is 10.1 Å². The summed E-state index contributed by atoms with van der Waals surface area (Å²) in [5.74, 6) is 0.922. The molecule has 28 heavy (non-hydrogen) atoms. The van der Waals surface area contributed by atoms with Crippen LogP contribution in [-0.4, -0.2) is 24.5 Å². The lowest BCUT2D eigenvalue weighted by molar-refractivity contribution is -0.120. The highest BCUT2D eigenvalue weighted by atomic mass is 16.5. The van der Waals surface area contributed by atoms with Crippen molar-refractivity contribution in [1.29, 1.82) is 5.26 Å². The van der Waals surface area contributed by atoms with Crippen LogP contribution < -0.4 is 20.7 Å². The Labute approximate surface area is 164 Å². The van der Waals surface area contributed by atoms with Crippen molar-refractivity contribution in [3.05, 3.63) is 54.1 Å². The zero-order chi connectivity index (χ0) is 20.5. The van der Waals surface area contributed by atoms with Gasteiger partial charge >= 0.3 is 6.03 Å². The number of anilines is 1. The number of imide groups is 1. The van der Waals surface area contributed by atoms with E-state index in [1.807, 2.05) is 13.8 Å². The van der Waals surface area contributed by atoms with Gasteiger partial charge in [-0.05, 0) is 49.2 Å². The molecule has 0 bridgehead atoms. The first-order valence-corrected chi connectivity index (χ1v) is 9.01. The predicted molar refractivity (Wildman–Crippen MR) is 107 cm³/mol. The van der Waals surface area contributed by atoms with E-state index in [0.717, 1.165) is 0 Å². The van der Waals surface area contributed by atoms with Gasteiger partial charge in [0.05, 0.1) is 5.56 Å². The van der Waals surface area contributed by atoms with Crippen LogP contribution in [0.3, 0.4) is 0 Å². The quantitative estimate of drug-likeness (QED) is 0.680. The number of nitrogens with zero attached hydrogens (tertiary/aromatic N) is 1. The van der Waals surface area contributed by atoms with Crippen LogP contribution in [0.2, 0.25) is 0 Å². The van der Waals surface area contributed by atoms with Crippen molar-refractivity contribution in [2.75, 3.05) is 11.9 Å². The SMILES string of the molecule is CC(C)CNC(=O)NC(=O)C(C)Nc1ccc(Oc2ccccc2C#N)cc1. The van der Waals surface area contributed by atoms with Crippen LogP contribution in [0, 0.1) is 17.2 Å². The average Bonchev–Trinajstić information content (AvgIpc) is 2.68. The molecule has 0 aliphatic carbocycles. The molecular weight excluding hydrogens is 356 g/mol. The number of para-hydroxylation sites is 1. The number of nitriles is 1. The number of hydrogen-bond donors (Lipinski definition) is 3. The van der Waals surface area contributed by atoms with Crippen LogP contribution >= 0.6 is 0 Å². The third kappa shape index (κ3) is 6.32. The number of amides is 3. The lowest BCUT2D eigenvalue weighted by Gasteiger charge is -2.16. The Balaban J connectivity index is 1.90. The molecule has 0 spiro atoms. The highest BCUT2D eigenvalue weighted by molar-refractivity contribution is 5.97. The molecule has 2 aromatic rings. The van der Waals surface area contributed by atoms with Gasteiger partial charge < -0.3 is 15.4 Å². The Morgan fingerprint density at radius 1 is 1.07 bits per heavy atom. The molecule has 7 nitrogen and oxygen atoms in total. The summed E-state index contributed by atoms with van der Waals surface area (Å²) in [4.78, 5) is 23.8. The van der Waals surface area contributed by atoms with Crippen LogP contribution in [0.25, 0.3) is 0 Å². The van der Waals surface area contributed by atoms with E-state index >= 15 is 0 Å². The fourth-order valence-electron chi connectivity index (χ4n) is 2.27. The standard InChI is InChI=1S/C21H24N4O3/c1-14(2)13-23-21(27)25-20(26)15(3)24-17-8-10-18(11-9-17)28-19-7-5-4-6-16(19)12-22/h4-11,14-15,24H,13H2,1-3H3,(H2,23,25,26,27). The summed E-state index contributed by atoms with van der Waals surface area (Å²) in [6.45, 7) is 6.10. The summed E-state index contributed by atoms with van der Waals surface area (Å²) in [5, 5.41) is 17.1. The maximum Gasteiger partial charge on any atom is 0.321 e. The minimum absolute atomic E-state index is 0.303. The van der Waals surface area contributed by atoms with Crippen LogP contribution in [0.4, 0.5) is 10.5 Å². The van der Waals surface area contributed by atoms with E-state index in [1.165, 1.54) is 0 Å². The molecule has 2 aromatic carbocycles. The second-order valence-corrected chi connectivity index (χ2v) is 6.69. The van der Waals surface area contributed by atoms with Crippen LogP contribution in [0.15, 0.2) is 48.5 Å². The normalized spacial score (nSPS) is 11.2. The highest BCUT2D eigenvalue weighted by Crippen LogP contribution is 2.25. The summed E-state index contributed by atoms with van der Waals surface area (Å²) < 4.78 is 5.72. The Hall–Kier alpha value is -3.53. The summed E-state index contributed by atoms with van der Waals surface area (Å²) in [5.41, 5.74) is 1.15. The van der Waals surface area contributed by atoms with E-state index in [9.17, 15) is 9.59 Å². The Morgan fingerprint density at radius 3 is 2.39 bits per heavy atom. The third-order valence-corrected chi connectivity index (χ3v) is 3.77. The molecule has 0 heterocycles. The van der Waals surface area contributed by atoms with Crippen molar-refractivity contribution in [2.24, 2.45) is 5.92 Å². The second kappa shape index (κ2) is 9.97. The van der Waals surface area contributed by atoms with Gasteiger partial charge in [-0.15, -0.1) is 0 Å². The fourth-order valence-corrected chi connectivity index (χ4v) is 2.27. The van der Waals surface area contributed by atoms with Gasteiger partial charge in [-0.2, -0.15) is 5.26 Å². The van der Waals surface area contributed by atoms with Gasteiger partial charge in [-0.25, -0.2) is 4.79 Å². The molecule has 0 aliphatic heterocycles. The van der Waals surface area contributed by atoms with Crippen LogP contribution in [0.5, 0.6) is 11.5 Å². The number of ether oxygens (including phenoxy) is 1. The van der Waals surface area contributed by atoms with Crippen LogP contribution in [0.1, 0.15) is 26.3 Å². The van der Waals surface area contributed by atoms with Gasteiger partial charge in [0.2, 0.25) is 5.91 Å². The number of hydrogen-bond acceptors (Lipinski definition) is 5. The molecular formula is C21H24N4O3. The van der Waals surface area contributed by atoms with Gasteiger partial charge in [0.15, 0.2) is 0 Å². The van der Waals surface area contributed by atoms with E-state index in [-0.39, 0.29) is 0 Å². The van der Waals surface area contributed by atoms with E-state index in [2.05, 4.69) is 22.0 Å². The Bertz CT molecular complexity index is 857. The van der Waals surface area contributed by atoms with Crippen molar-refractivity contribution in [3.8, 4) is 17.6 Å². The molecule has 0 aliphatic rings. The van der Waals surface area contributed by atoms with E-state index in [4.69, 9.17) is 10.00 Å². The summed E-state index contributed by atoms with van der Waals surface area (Å²) in [6.07, 6.45) is 0. The van der Waals surface area contributed by atoms with Crippen molar-refractivity contribution in [3.63, 3.8) is 0 Å². The van der Waals surface area contributed by atoms with Crippen molar-refractivity contribution >= 4 is 17.6 Å². The van der Waals surface area contributed by atoms with E-state index < -0.39 is 18.0 Å². The van der Waals surface area contributed by atoms with Crippen molar-refractivity contribution in [1.82, 2.24) is 10.6 Å². The molecule has 1 unspecified atom stereocenters. The fraction of sp³-hybridized carbons (Fsp3) is 0.286. The largest absolute Gasteiger partial charge is 0.456 e. The zero-order valence-corrected chi connectivity index (χ0v) is 16.2. The van der Waals surface area contributed by atoms with Gasteiger partial charge in [-0.1, -0.05) is 26.0 Å². The molecule has 3 amide bonds. The molecule has 0 saturated heterocycles. The summed E-state index contributed by atoms with van der Waals surface area (Å²) >= 11 is 0. The number of nitrogens with one attached hydrogen (secondary N) is 3. The van der Waals surface area contributed by atoms with Crippen molar-refractivity contribution in [2.45, 2.75) is 26.8 Å². The molecule has 7 heteroatoms. The number of carbonyl (C=O) groups is 2. The minimum atomic E-state index is -0.601. The second-order valence-electron chi connectivity index (χ2n) is 6.69. The lowest BCUT2D eigenvalue weighted by atomic mass is 10.2. The van der Waals surface area contributed by atoms with Crippen molar-refractivity contribution < 1.29 is 14.3 Å². The Morgan fingerprint density at radius 2 is 1.75 bits per heavy atom. The van der Waals surface area contributed by atoms with Crippen LogP contribution in [-0.2, 0) is 4.79 Å². The number of urea groups is 1.